The number of rotatable bonds is 7. The molecule has 1 N–H and O–H groups in total. The topological polar surface area (TPSA) is 29.1 Å². The molecule has 0 aromatic heterocycles. The highest BCUT2D eigenvalue weighted by Gasteiger charge is 2.44. The molecule has 3 aromatic rings. The Kier molecular flexibility index (Phi) is 8.87. The third kappa shape index (κ3) is 7.10. The van der Waals surface area contributed by atoms with E-state index in [4.69, 9.17) is 0 Å². The Morgan fingerprint density at radius 3 is 2.18 bits per heavy atom. The van der Waals surface area contributed by atoms with Gasteiger partial charge in [0.25, 0.3) is 5.91 Å². The molecular weight excluding hydrogens is 602 g/mol. The van der Waals surface area contributed by atoms with Crippen molar-refractivity contribution in [3.05, 3.63) is 154 Å². The van der Waals surface area contributed by atoms with Crippen LogP contribution in [-0.2, 0) is 24.3 Å². The molecule has 0 radical (unpaired) electrons. The number of hydrogen-bond acceptors (Lipinski definition) is 1. The van der Waals surface area contributed by atoms with Gasteiger partial charge in [0.15, 0.2) is 0 Å². The van der Waals surface area contributed by atoms with Crippen LogP contribution >= 0.6 is 0 Å². The number of alkyl halides is 6. The van der Waals surface area contributed by atoms with Crippen LogP contribution in [0.4, 0.5) is 35.1 Å². The maximum Gasteiger partial charge on any atom is 0.419 e. The maximum atomic E-state index is 15.0. The first-order chi connectivity index (χ1) is 21.3. The average molecular weight is 630 g/mol. The van der Waals surface area contributed by atoms with Crippen molar-refractivity contribution in [2.45, 2.75) is 43.6 Å². The summed E-state index contributed by atoms with van der Waals surface area (Å²) in [7, 11) is 0. The van der Waals surface area contributed by atoms with Crippen molar-refractivity contribution < 1.29 is 39.9 Å². The molecule has 2 unspecified atom stereocenters. The summed E-state index contributed by atoms with van der Waals surface area (Å²) in [6, 6.07) is 12.2. The summed E-state index contributed by atoms with van der Waals surface area (Å²) < 4.78 is 112. The van der Waals surface area contributed by atoms with E-state index in [9.17, 15) is 35.5 Å². The third-order valence-corrected chi connectivity index (χ3v) is 8.08. The van der Waals surface area contributed by atoms with Gasteiger partial charge in [-0.1, -0.05) is 66.8 Å². The molecule has 45 heavy (non-hydrogen) atoms. The van der Waals surface area contributed by atoms with Crippen molar-refractivity contribution in [2.24, 2.45) is 5.92 Å². The van der Waals surface area contributed by atoms with Crippen molar-refractivity contribution >= 4 is 5.91 Å². The molecule has 10 heteroatoms. The van der Waals surface area contributed by atoms with Gasteiger partial charge in [0.2, 0.25) is 0 Å². The van der Waals surface area contributed by atoms with Crippen molar-refractivity contribution in [1.82, 2.24) is 5.32 Å². The number of carbonyl (C=O) groups is 1. The molecule has 0 heterocycles. The van der Waals surface area contributed by atoms with E-state index < -0.39 is 58.0 Å². The molecule has 5 rings (SSSR count). The van der Waals surface area contributed by atoms with Gasteiger partial charge in [-0.2, -0.15) is 26.3 Å². The molecule has 1 amide bonds. The van der Waals surface area contributed by atoms with Crippen LogP contribution in [0.15, 0.2) is 114 Å². The second-order valence-electron chi connectivity index (χ2n) is 11.1. The van der Waals surface area contributed by atoms with E-state index in [2.05, 4.69) is 5.32 Å². The lowest BCUT2D eigenvalue weighted by Crippen LogP contribution is -2.53. The van der Waals surface area contributed by atoms with Crippen molar-refractivity contribution in [3.8, 4) is 0 Å². The van der Waals surface area contributed by atoms with E-state index in [0.717, 1.165) is 35.8 Å². The summed E-state index contributed by atoms with van der Waals surface area (Å²) in [6.45, 7) is 0. The van der Waals surface area contributed by atoms with Crippen LogP contribution in [0.5, 0.6) is 0 Å². The zero-order chi connectivity index (χ0) is 32.4. The molecule has 234 valence electrons. The van der Waals surface area contributed by atoms with Crippen LogP contribution in [-0.4, -0.2) is 5.91 Å². The molecule has 2 aliphatic carbocycles. The predicted octanol–water partition coefficient (Wildman–Crippen LogP) is 9.65. The van der Waals surface area contributed by atoms with E-state index in [1.807, 2.05) is 24.3 Å². The van der Waals surface area contributed by atoms with Gasteiger partial charge in [0.05, 0.1) is 16.7 Å². The Balaban J connectivity index is 1.70. The number of allylic oxidation sites excluding steroid dienone is 7. The zero-order valence-electron chi connectivity index (χ0n) is 23.7. The number of halogens is 8. The van der Waals surface area contributed by atoms with Crippen molar-refractivity contribution in [3.63, 3.8) is 0 Å². The highest BCUT2D eigenvalue weighted by molar-refractivity contribution is 5.95. The van der Waals surface area contributed by atoms with Gasteiger partial charge in [-0.3, -0.25) is 4.79 Å². The van der Waals surface area contributed by atoms with Crippen LogP contribution in [0, 0.1) is 17.6 Å². The molecular formula is C35H27F8NO. The first-order valence-electron chi connectivity index (χ1n) is 14.1. The lowest BCUT2D eigenvalue weighted by Gasteiger charge is -2.43. The maximum absolute atomic E-state index is 15.0. The van der Waals surface area contributed by atoms with Gasteiger partial charge in [-0.25, -0.2) is 8.78 Å². The first-order valence-corrected chi connectivity index (χ1v) is 14.1. The van der Waals surface area contributed by atoms with Crippen LogP contribution in [0.1, 0.15) is 51.9 Å². The number of carbonyl (C=O) groups excluding carboxylic acids is 1. The Morgan fingerprint density at radius 2 is 1.51 bits per heavy atom. The molecule has 2 aliphatic rings. The standard InChI is InChI=1S/C35H27F8NO/c36-29-19-27(18-28(20-29)34(38,39)40)33(21-22-8-3-1-4-9-22,26-13-7-12-24(16-26)23-10-5-2-6-11-23)44-32(45)25-14-15-31(37)30(17-25)35(41,42)43/h1-5,7-10,12-15,17-20,26H,6,11,16,21H2,(H,44,45). The molecule has 2 nitrogen and oxygen atoms in total. The summed E-state index contributed by atoms with van der Waals surface area (Å²) >= 11 is 0. The van der Waals surface area contributed by atoms with Gasteiger partial charge in [-0.15, -0.1) is 0 Å². The van der Waals surface area contributed by atoms with E-state index in [1.165, 1.54) is 0 Å². The summed E-state index contributed by atoms with van der Waals surface area (Å²) in [5.41, 5.74) is -3.15. The summed E-state index contributed by atoms with van der Waals surface area (Å²) in [5.74, 6) is -4.67. The number of hydrogen-bond donors (Lipinski definition) is 1. The smallest absolute Gasteiger partial charge is 0.342 e. The molecule has 0 fully saturated rings. The quantitative estimate of drug-likeness (QED) is 0.259. The molecule has 2 atom stereocenters. The fraction of sp³-hybridized carbons (Fsp3) is 0.229. The SMILES string of the molecule is O=C(NC(Cc1ccccc1)(c1cc(F)cc(C(F)(F)F)c1)C1C=CC=C(C2=CC=CCC2)C1)c1ccc(F)c(C(F)(F)F)c1. The Bertz CT molecular complexity index is 1700. The molecule has 0 bridgehead atoms. The largest absolute Gasteiger partial charge is 0.419 e. The minimum absolute atomic E-state index is 0.144. The van der Waals surface area contributed by atoms with E-state index in [1.54, 1.807) is 42.5 Å². The monoisotopic (exact) mass is 629 g/mol. The molecule has 0 saturated heterocycles. The fourth-order valence-corrected chi connectivity index (χ4v) is 5.87. The molecule has 3 aromatic carbocycles. The van der Waals surface area contributed by atoms with Crippen LogP contribution < -0.4 is 5.32 Å². The number of nitrogens with one attached hydrogen (secondary N) is 1. The minimum Gasteiger partial charge on any atom is -0.342 e. The summed E-state index contributed by atoms with van der Waals surface area (Å²) in [5, 5.41) is 2.73. The third-order valence-electron chi connectivity index (χ3n) is 8.08. The second-order valence-corrected chi connectivity index (χ2v) is 11.1. The highest BCUT2D eigenvalue weighted by Crippen LogP contribution is 2.44. The Labute approximate surface area is 254 Å². The second kappa shape index (κ2) is 12.5. The van der Waals surface area contributed by atoms with E-state index >= 15 is 4.39 Å². The van der Waals surface area contributed by atoms with Crippen molar-refractivity contribution in [1.29, 1.82) is 0 Å². The van der Waals surface area contributed by atoms with Crippen molar-refractivity contribution in [2.75, 3.05) is 0 Å². The zero-order valence-corrected chi connectivity index (χ0v) is 23.7. The van der Waals surface area contributed by atoms with Gasteiger partial charge < -0.3 is 5.32 Å². The van der Waals surface area contributed by atoms with Gasteiger partial charge in [0, 0.05) is 17.9 Å². The number of amides is 1. The Morgan fingerprint density at radius 1 is 0.800 bits per heavy atom. The van der Waals surface area contributed by atoms with Crippen LogP contribution in [0.2, 0.25) is 0 Å². The normalized spacial score (nSPS) is 18.2. The molecule has 0 saturated carbocycles. The van der Waals surface area contributed by atoms with Crippen LogP contribution in [0.25, 0.3) is 0 Å². The van der Waals surface area contributed by atoms with E-state index in [0.29, 0.717) is 30.2 Å². The fourth-order valence-electron chi connectivity index (χ4n) is 5.87. The lowest BCUT2D eigenvalue weighted by molar-refractivity contribution is -0.140. The minimum atomic E-state index is -5.11. The molecule has 0 spiro atoms. The summed E-state index contributed by atoms with van der Waals surface area (Å²) in [4.78, 5) is 13.8. The van der Waals surface area contributed by atoms with E-state index in [-0.39, 0.29) is 18.4 Å². The number of benzene rings is 3. The Hall–Kier alpha value is -4.47. The van der Waals surface area contributed by atoms with Gasteiger partial charge >= 0.3 is 12.4 Å². The lowest BCUT2D eigenvalue weighted by atomic mass is 9.68. The molecule has 0 aliphatic heterocycles. The summed E-state index contributed by atoms with van der Waals surface area (Å²) in [6.07, 6.45) is 2.56. The average Bonchev–Trinajstić information content (AvgIpc) is 3.00. The van der Waals surface area contributed by atoms with Gasteiger partial charge in [-0.05, 0) is 77.9 Å². The predicted molar refractivity (Wildman–Crippen MR) is 154 cm³/mol. The first kappa shape index (κ1) is 31.9. The van der Waals surface area contributed by atoms with Crippen LogP contribution in [0.3, 0.4) is 0 Å². The van der Waals surface area contributed by atoms with Gasteiger partial charge in [0.1, 0.15) is 11.6 Å². The highest BCUT2D eigenvalue weighted by atomic mass is 19.4.